The molecule has 1 aromatic heterocycles. The summed E-state index contributed by atoms with van der Waals surface area (Å²) in [5, 5.41) is 3.97. The van der Waals surface area contributed by atoms with Crippen molar-refractivity contribution in [2.45, 2.75) is 30.6 Å². The predicted molar refractivity (Wildman–Crippen MR) is 117 cm³/mol. The van der Waals surface area contributed by atoms with Crippen molar-refractivity contribution in [2.75, 3.05) is 31.6 Å². The van der Waals surface area contributed by atoms with Gasteiger partial charge in [0.15, 0.2) is 0 Å². The van der Waals surface area contributed by atoms with E-state index in [-0.39, 0.29) is 10.8 Å². The van der Waals surface area contributed by atoms with Crippen molar-refractivity contribution in [3.8, 4) is 0 Å². The fourth-order valence-corrected chi connectivity index (χ4v) is 5.67. The highest BCUT2D eigenvalue weighted by Crippen LogP contribution is 2.33. The van der Waals surface area contributed by atoms with Crippen LogP contribution in [0.3, 0.4) is 0 Å². The lowest BCUT2D eigenvalue weighted by Gasteiger charge is -2.26. The first-order valence-electron chi connectivity index (χ1n) is 10.6. The minimum atomic E-state index is -3.58. The maximum atomic E-state index is 12.7. The SMILES string of the molecule is O=C(Nc1ccc2oc3c(c2c1)CCCC3)c1ccc(S(=O)(=O)N2CCOCC2)cc1. The van der Waals surface area contributed by atoms with Crippen LogP contribution in [0.4, 0.5) is 5.69 Å². The standard InChI is InChI=1S/C23H24N2O5S/c26-23(16-5-8-18(9-6-16)31(27,28)25-11-13-29-14-12-25)24-17-7-10-22-20(15-17)19-3-1-2-4-21(19)30-22/h5-10,15H,1-4,11-14H2,(H,24,26). The lowest BCUT2D eigenvalue weighted by molar-refractivity contribution is 0.0730. The largest absolute Gasteiger partial charge is 0.461 e. The summed E-state index contributed by atoms with van der Waals surface area (Å²) in [7, 11) is -3.58. The van der Waals surface area contributed by atoms with Crippen molar-refractivity contribution < 1.29 is 22.4 Å². The monoisotopic (exact) mass is 440 g/mol. The number of nitrogens with one attached hydrogen (secondary N) is 1. The third kappa shape index (κ3) is 3.86. The molecule has 1 N–H and O–H groups in total. The molecule has 5 rings (SSSR count). The molecule has 1 saturated heterocycles. The summed E-state index contributed by atoms with van der Waals surface area (Å²) in [5.41, 5.74) is 3.18. The van der Waals surface area contributed by atoms with Gasteiger partial charge in [-0.1, -0.05) is 0 Å². The number of nitrogens with zero attached hydrogens (tertiary/aromatic N) is 1. The molecule has 0 atom stereocenters. The van der Waals surface area contributed by atoms with E-state index in [1.165, 1.54) is 22.0 Å². The van der Waals surface area contributed by atoms with E-state index < -0.39 is 10.0 Å². The summed E-state index contributed by atoms with van der Waals surface area (Å²) in [6.07, 6.45) is 4.26. The fraction of sp³-hybridized carbons (Fsp3) is 0.348. The van der Waals surface area contributed by atoms with Crippen LogP contribution in [0, 0.1) is 0 Å². The number of morpholine rings is 1. The number of carbonyl (C=O) groups is 1. The van der Waals surface area contributed by atoms with Crippen LogP contribution in [0.15, 0.2) is 51.8 Å². The van der Waals surface area contributed by atoms with Crippen LogP contribution >= 0.6 is 0 Å². The van der Waals surface area contributed by atoms with Gasteiger partial charge in [-0.25, -0.2) is 8.42 Å². The molecular weight excluding hydrogens is 416 g/mol. The van der Waals surface area contributed by atoms with Gasteiger partial charge in [0.25, 0.3) is 5.91 Å². The molecule has 2 heterocycles. The smallest absolute Gasteiger partial charge is 0.255 e. The number of sulfonamides is 1. The van der Waals surface area contributed by atoms with Gasteiger partial charge in [-0.3, -0.25) is 4.79 Å². The van der Waals surface area contributed by atoms with Gasteiger partial charge in [-0.2, -0.15) is 4.31 Å². The molecule has 0 bridgehead atoms. The van der Waals surface area contributed by atoms with Gasteiger partial charge < -0.3 is 14.5 Å². The number of benzene rings is 2. The molecule has 162 valence electrons. The van der Waals surface area contributed by atoms with Gasteiger partial charge in [-0.05, 0) is 61.7 Å². The quantitative estimate of drug-likeness (QED) is 0.670. The number of amides is 1. The van der Waals surface area contributed by atoms with Crippen LogP contribution in [0.25, 0.3) is 11.0 Å². The van der Waals surface area contributed by atoms with Crippen molar-refractivity contribution in [1.29, 1.82) is 0 Å². The molecule has 3 aromatic rings. The second-order valence-electron chi connectivity index (χ2n) is 7.92. The molecule has 0 unspecified atom stereocenters. The van der Waals surface area contributed by atoms with Crippen LogP contribution in [0.5, 0.6) is 0 Å². The van der Waals surface area contributed by atoms with Gasteiger partial charge >= 0.3 is 0 Å². The Kier molecular flexibility index (Phi) is 5.29. The van der Waals surface area contributed by atoms with Crippen LogP contribution in [-0.4, -0.2) is 44.9 Å². The number of fused-ring (bicyclic) bond motifs is 3. The van der Waals surface area contributed by atoms with E-state index in [2.05, 4.69) is 5.32 Å². The molecule has 1 aliphatic heterocycles. The molecule has 0 spiro atoms. The maximum absolute atomic E-state index is 12.7. The Bertz CT molecular complexity index is 1220. The predicted octanol–water partition coefficient (Wildman–Crippen LogP) is 3.58. The van der Waals surface area contributed by atoms with E-state index in [0.717, 1.165) is 42.4 Å². The Morgan fingerprint density at radius 1 is 0.968 bits per heavy atom. The summed E-state index contributed by atoms with van der Waals surface area (Å²) in [6, 6.07) is 11.7. The highest BCUT2D eigenvalue weighted by molar-refractivity contribution is 7.89. The molecule has 2 aliphatic rings. The van der Waals surface area contributed by atoms with E-state index in [9.17, 15) is 13.2 Å². The zero-order chi connectivity index (χ0) is 21.4. The Morgan fingerprint density at radius 2 is 1.71 bits per heavy atom. The molecule has 1 aliphatic carbocycles. The fourth-order valence-electron chi connectivity index (χ4n) is 4.26. The van der Waals surface area contributed by atoms with Crippen LogP contribution in [0.2, 0.25) is 0 Å². The van der Waals surface area contributed by atoms with Gasteiger partial charge in [0, 0.05) is 41.7 Å². The summed E-state index contributed by atoms with van der Waals surface area (Å²) in [5.74, 6) is 0.772. The Labute approximate surface area is 181 Å². The summed E-state index contributed by atoms with van der Waals surface area (Å²) in [6.45, 7) is 1.46. The second kappa shape index (κ2) is 8.11. The minimum absolute atomic E-state index is 0.178. The number of rotatable bonds is 4. The van der Waals surface area contributed by atoms with Gasteiger partial charge in [-0.15, -0.1) is 0 Å². The number of hydrogen-bond donors (Lipinski definition) is 1. The van der Waals surface area contributed by atoms with Crippen LogP contribution < -0.4 is 5.32 Å². The zero-order valence-electron chi connectivity index (χ0n) is 17.1. The zero-order valence-corrected chi connectivity index (χ0v) is 17.9. The molecule has 31 heavy (non-hydrogen) atoms. The van der Waals surface area contributed by atoms with Gasteiger partial charge in [0.2, 0.25) is 10.0 Å². The highest BCUT2D eigenvalue weighted by Gasteiger charge is 2.26. The van der Waals surface area contributed by atoms with Crippen molar-refractivity contribution >= 4 is 32.6 Å². The van der Waals surface area contributed by atoms with Crippen molar-refractivity contribution in [2.24, 2.45) is 0 Å². The first kappa shape index (κ1) is 20.2. The lowest BCUT2D eigenvalue weighted by Crippen LogP contribution is -2.40. The number of carbonyl (C=O) groups excluding carboxylic acids is 1. The van der Waals surface area contributed by atoms with Crippen LogP contribution in [0.1, 0.15) is 34.5 Å². The lowest BCUT2D eigenvalue weighted by atomic mass is 9.96. The van der Waals surface area contributed by atoms with E-state index in [1.54, 1.807) is 12.1 Å². The molecule has 8 heteroatoms. The number of ether oxygens (including phenoxy) is 1. The normalized spacial score (nSPS) is 17.4. The molecular formula is C23H24N2O5S. The molecule has 1 amide bonds. The average molecular weight is 441 g/mol. The molecule has 0 radical (unpaired) electrons. The summed E-state index contributed by atoms with van der Waals surface area (Å²) >= 11 is 0. The van der Waals surface area contributed by atoms with Crippen LogP contribution in [-0.2, 0) is 27.6 Å². The summed E-state index contributed by atoms with van der Waals surface area (Å²) < 4.78 is 38.1. The van der Waals surface area contributed by atoms with Crippen molar-refractivity contribution in [1.82, 2.24) is 4.31 Å². The molecule has 0 saturated carbocycles. The first-order valence-corrected chi connectivity index (χ1v) is 12.0. The van der Waals surface area contributed by atoms with E-state index in [0.29, 0.717) is 37.6 Å². The Hall–Kier alpha value is -2.68. The number of anilines is 1. The van der Waals surface area contributed by atoms with Crippen molar-refractivity contribution in [3.63, 3.8) is 0 Å². The molecule has 2 aromatic carbocycles. The van der Waals surface area contributed by atoms with E-state index >= 15 is 0 Å². The number of furan rings is 1. The molecule has 1 fully saturated rings. The third-order valence-corrected chi connectivity index (χ3v) is 7.85. The molecule has 7 nitrogen and oxygen atoms in total. The maximum Gasteiger partial charge on any atom is 0.255 e. The van der Waals surface area contributed by atoms with E-state index in [1.807, 2.05) is 18.2 Å². The second-order valence-corrected chi connectivity index (χ2v) is 9.85. The Balaban J connectivity index is 1.33. The highest BCUT2D eigenvalue weighted by atomic mass is 32.2. The Morgan fingerprint density at radius 3 is 2.48 bits per heavy atom. The average Bonchev–Trinajstić information content (AvgIpc) is 3.18. The first-order chi connectivity index (χ1) is 15.0. The number of aryl methyl sites for hydroxylation is 2. The third-order valence-electron chi connectivity index (χ3n) is 5.94. The minimum Gasteiger partial charge on any atom is -0.461 e. The topological polar surface area (TPSA) is 88.8 Å². The van der Waals surface area contributed by atoms with Crippen molar-refractivity contribution in [3.05, 3.63) is 59.4 Å². The number of hydrogen-bond acceptors (Lipinski definition) is 5. The van der Waals surface area contributed by atoms with E-state index in [4.69, 9.17) is 9.15 Å². The van der Waals surface area contributed by atoms with Gasteiger partial charge in [0.05, 0.1) is 18.1 Å². The summed E-state index contributed by atoms with van der Waals surface area (Å²) in [4.78, 5) is 12.9. The van der Waals surface area contributed by atoms with Gasteiger partial charge in [0.1, 0.15) is 11.3 Å².